The smallest absolute Gasteiger partial charge is 0.175 e. The monoisotopic (exact) mass is 300 g/mol. The van der Waals surface area contributed by atoms with Crippen molar-refractivity contribution in [2.24, 2.45) is 0 Å². The van der Waals surface area contributed by atoms with Crippen molar-refractivity contribution >= 4 is 22.2 Å². The Balaban J connectivity index is 2.79. The highest BCUT2D eigenvalue weighted by molar-refractivity contribution is 9.10. The molecule has 0 spiro atoms. The second kappa shape index (κ2) is 7.33. The van der Waals surface area contributed by atoms with E-state index in [0.29, 0.717) is 23.7 Å². The lowest BCUT2D eigenvalue weighted by Crippen LogP contribution is -2.00. The molecular weight excluding hydrogens is 284 g/mol. The zero-order valence-corrected chi connectivity index (χ0v) is 11.7. The summed E-state index contributed by atoms with van der Waals surface area (Å²) in [5, 5.41) is 0. The van der Waals surface area contributed by atoms with E-state index in [9.17, 15) is 4.79 Å². The lowest BCUT2D eigenvalue weighted by atomic mass is 10.2. The minimum absolute atomic E-state index is 0.564. The number of carbonyl (C=O) groups excluding carboxylic acids is 1. The summed E-state index contributed by atoms with van der Waals surface area (Å²) in [4.78, 5) is 10.7. The summed E-state index contributed by atoms with van der Waals surface area (Å²) in [6, 6.07) is 3.40. The Morgan fingerprint density at radius 3 is 2.71 bits per heavy atom. The molecule has 0 saturated carbocycles. The summed E-state index contributed by atoms with van der Waals surface area (Å²) in [5.74, 6) is 1.24. The van der Waals surface area contributed by atoms with Gasteiger partial charge in [0.15, 0.2) is 11.5 Å². The van der Waals surface area contributed by atoms with Crippen LogP contribution in [0, 0.1) is 0 Å². The molecule has 0 aliphatic heterocycles. The maximum Gasteiger partial charge on any atom is 0.175 e. The standard InChI is InChI=1S/C13H17BrO3/c1-3-4-5-6-17-13-11(14)7-10(9-15)8-12(13)16-2/h7-9H,3-6H2,1-2H3. The van der Waals surface area contributed by atoms with Gasteiger partial charge in [-0.3, -0.25) is 4.79 Å². The summed E-state index contributed by atoms with van der Waals surface area (Å²) in [6.45, 7) is 2.80. The van der Waals surface area contributed by atoms with E-state index < -0.39 is 0 Å². The topological polar surface area (TPSA) is 35.5 Å². The fourth-order valence-corrected chi connectivity index (χ4v) is 2.05. The fourth-order valence-electron chi connectivity index (χ4n) is 1.47. The molecule has 0 aliphatic carbocycles. The lowest BCUT2D eigenvalue weighted by molar-refractivity contribution is 0.112. The molecule has 0 radical (unpaired) electrons. The zero-order chi connectivity index (χ0) is 12.7. The summed E-state index contributed by atoms with van der Waals surface area (Å²) in [5.41, 5.74) is 0.564. The largest absolute Gasteiger partial charge is 0.493 e. The van der Waals surface area contributed by atoms with Gasteiger partial charge < -0.3 is 9.47 Å². The number of halogens is 1. The molecule has 0 unspecified atom stereocenters. The first kappa shape index (κ1) is 14.0. The highest BCUT2D eigenvalue weighted by atomic mass is 79.9. The van der Waals surface area contributed by atoms with E-state index in [1.165, 1.54) is 0 Å². The molecule has 0 aliphatic rings. The molecule has 4 heteroatoms. The molecule has 0 bridgehead atoms. The van der Waals surface area contributed by atoms with Crippen LogP contribution in [0.3, 0.4) is 0 Å². The lowest BCUT2D eigenvalue weighted by Gasteiger charge is -2.12. The summed E-state index contributed by atoms with van der Waals surface area (Å²) in [7, 11) is 1.56. The number of hydrogen-bond donors (Lipinski definition) is 0. The molecule has 0 atom stereocenters. The second-order valence-corrected chi connectivity index (χ2v) is 4.56. The minimum Gasteiger partial charge on any atom is -0.493 e. The van der Waals surface area contributed by atoms with Gasteiger partial charge in [-0.1, -0.05) is 19.8 Å². The van der Waals surface area contributed by atoms with Crippen LogP contribution in [0.25, 0.3) is 0 Å². The average molecular weight is 301 g/mol. The number of aldehydes is 1. The molecule has 1 aromatic rings. The normalized spacial score (nSPS) is 10.1. The van der Waals surface area contributed by atoms with E-state index in [0.717, 1.165) is 30.0 Å². The fraction of sp³-hybridized carbons (Fsp3) is 0.462. The van der Waals surface area contributed by atoms with E-state index in [-0.39, 0.29) is 0 Å². The van der Waals surface area contributed by atoms with Crippen LogP contribution in [-0.4, -0.2) is 20.0 Å². The van der Waals surface area contributed by atoms with Crippen molar-refractivity contribution < 1.29 is 14.3 Å². The Bertz CT molecular complexity index is 377. The van der Waals surface area contributed by atoms with Gasteiger partial charge in [0.05, 0.1) is 18.2 Å². The average Bonchev–Trinajstić information content (AvgIpc) is 2.35. The SMILES string of the molecule is CCCCCOc1c(Br)cc(C=O)cc1OC. The first-order valence-corrected chi connectivity index (χ1v) is 6.47. The molecule has 0 fully saturated rings. The van der Waals surface area contributed by atoms with Crippen LogP contribution in [0.1, 0.15) is 36.5 Å². The van der Waals surface area contributed by atoms with Crippen molar-refractivity contribution in [2.45, 2.75) is 26.2 Å². The quantitative estimate of drug-likeness (QED) is 0.567. The summed E-state index contributed by atoms with van der Waals surface area (Å²) in [6.07, 6.45) is 4.10. The molecule has 17 heavy (non-hydrogen) atoms. The number of unbranched alkanes of at least 4 members (excludes halogenated alkanes) is 2. The summed E-state index contributed by atoms with van der Waals surface area (Å²) >= 11 is 3.38. The van der Waals surface area contributed by atoms with E-state index in [4.69, 9.17) is 9.47 Å². The van der Waals surface area contributed by atoms with Crippen LogP contribution < -0.4 is 9.47 Å². The predicted octanol–water partition coefficient (Wildman–Crippen LogP) is 3.84. The van der Waals surface area contributed by atoms with E-state index in [1.807, 2.05) is 0 Å². The molecule has 1 aromatic carbocycles. The number of methoxy groups -OCH3 is 1. The maximum absolute atomic E-state index is 10.7. The van der Waals surface area contributed by atoms with Crippen molar-refractivity contribution in [3.8, 4) is 11.5 Å². The van der Waals surface area contributed by atoms with Gasteiger partial charge >= 0.3 is 0 Å². The molecule has 0 heterocycles. The number of benzene rings is 1. The van der Waals surface area contributed by atoms with Crippen LogP contribution in [0.15, 0.2) is 16.6 Å². The van der Waals surface area contributed by atoms with Gasteiger partial charge in [0.2, 0.25) is 0 Å². The number of rotatable bonds is 7. The van der Waals surface area contributed by atoms with Crippen molar-refractivity contribution in [3.63, 3.8) is 0 Å². The third kappa shape index (κ3) is 4.04. The van der Waals surface area contributed by atoms with Crippen LogP contribution in [0.2, 0.25) is 0 Å². The molecule has 1 rings (SSSR count). The van der Waals surface area contributed by atoms with Crippen molar-refractivity contribution in [3.05, 3.63) is 22.2 Å². The number of hydrogen-bond acceptors (Lipinski definition) is 3. The van der Waals surface area contributed by atoms with Gasteiger partial charge in [-0.15, -0.1) is 0 Å². The Morgan fingerprint density at radius 2 is 2.12 bits per heavy atom. The molecule has 0 amide bonds. The first-order chi connectivity index (χ1) is 8.22. The van der Waals surface area contributed by atoms with E-state index >= 15 is 0 Å². The highest BCUT2D eigenvalue weighted by Crippen LogP contribution is 2.36. The Kier molecular flexibility index (Phi) is 6.05. The Hall–Kier alpha value is -1.03. The van der Waals surface area contributed by atoms with Gasteiger partial charge in [0.25, 0.3) is 0 Å². The van der Waals surface area contributed by atoms with Crippen LogP contribution >= 0.6 is 15.9 Å². The van der Waals surface area contributed by atoms with Gasteiger partial charge in [0.1, 0.15) is 6.29 Å². The maximum atomic E-state index is 10.7. The van der Waals surface area contributed by atoms with Crippen molar-refractivity contribution in [1.82, 2.24) is 0 Å². The van der Waals surface area contributed by atoms with Gasteiger partial charge in [-0.2, -0.15) is 0 Å². The van der Waals surface area contributed by atoms with Gasteiger partial charge in [0, 0.05) is 5.56 Å². The predicted molar refractivity (Wildman–Crippen MR) is 71.1 cm³/mol. The highest BCUT2D eigenvalue weighted by Gasteiger charge is 2.11. The first-order valence-electron chi connectivity index (χ1n) is 5.68. The van der Waals surface area contributed by atoms with Gasteiger partial charge in [-0.05, 0) is 34.5 Å². The number of carbonyl (C=O) groups is 1. The molecular formula is C13H17BrO3. The third-order valence-electron chi connectivity index (χ3n) is 2.38. The molecule has 0 aromatic heterocycles. The molecule has 0 N–H and O–H groups in total. The second-order valence-electron chi connectivity index (χ2n) is 3.71. The van der Waals surface area contributed by atoms with E-state index in [2.05, 4.69) is 22.9 Å². The van der Waals surface area contributed by atoms with Crippen LogP contribution in [-0.2, 0) is 0 Å². The van der Waals surface area contributed by atoms with Crippen LogP contribution in [0.4, 0.5) is 0 Å². The molecule has 3 nitrogen and oxygen atoms in total. The van der Waals surface area contributed by atoms with Crippen LogP contribution in [0.5, 0.6) is 11.5 Å². The molecule has 0 saturated heterocycles. The van der Waals surface area contributed by atoms with Crippen molar-refractivity contribution in [2.75, 3.05) is 13.7 Å². The Labute approximate surface area is 110 Å². The van der Waals surface area contributed by atoms with Crippen molar-refractivity contribution in [1.29, 1.82) is 0 Å². The molecule has 94 valence electrons. The Morgan fingerprint density at radius 1 is 1.35 bits per heavy atom. The minimum atomic E-state index is 0.564. The summed E-state index contributed by atoms with van der Waals surface area (Å²) < 4.78 is 11.6. The van der Waals surface area contributed by atoms with E-state index in [1.54, 1.807) is 19.2 Å². The van der Waals surface area contributed by atoms with Gasteiger partial charge in [-0.25, -0.2) is 0 Å². The zero-order valence-electron chi connectivity index (χ0n) is 10.2. The third-order valence-corrected chi connectivity index (χ3v) is 2.97. The number of ether oxygens (including phenoxy) is 2.